The van der Waals surface area contributed by atoms with Gasteiger partial charge in [-0.2, -0.15) is 0 Å². The van der Waals surface area contributed by atoms with Crippen LogP contribution in [0.25, 0.3) is 10.9 Å². The highest BCUT2D eigenvalue weighted by molar-refractivity contribution is 6.30. The summed E-state index contributed by atoms with van der Waals surface area (Å²) in [6.45, 7) is 1.36. The smallest absolute Gasteiger partial charge is 0.0528 e. The molecule has 0 amide bonds. The van der Waals surface area contributed by atoms with Gasteiger partial charge in [0, 0.05) is 24.3 Å². The van der Waals surface area contributed by atoms with Crippen LogP contribution >= 0.6 is 11.6 Å². The summed E-state index contributed by atoms with van der Waals surface area (Å²) in [5.74, 6) is 0. The van der Waals surface area contributed by atoms with E-state index < -0.39 is 0 Å². The van der Waals surface area contributed by atoms with Crippen molar-refractivity contribution in [3.8, 4) is 0 Å². The van der Waals surface area contributed by atoms with E-state index in [1.54, 1.807) is 0 Å². The average molecular weight is 271 g/mol. The predicted octanol–water partition coefficient (Wildman–Crippen LogP) is 3.80. The van der Waals surface area contributed by atoms with Crippen LogP contribution in [0.5, 0.6) is 0 Å². The molecule has 0 atom stereocenters. The molecule has 2 N–H and O–H groups in total. The van der Waals surface area contributed by atoms with Crippen molar-refractivity contribution in [2.45, 2.75) is 13.1 Å². The van der Waals surface area contributed by atoms with E-state index in [1.165, 1.54) is 22.0 Å². The van der Waals surface area contributed by atoms with Crippen molar-refractivity contribution in [3.63, 3.8) is 0 Å². The summed E-state index contributed by atoms with van der Waals surface area (Å²) in [7, 11) is 0. The van der Waals surface area contributed by atoms with Crippen molar-refractivity contribution in [1.82, 2.24) is 4.57 Å². The lowest BCUT2D eigenvalue weighted by Crippen LogP contribution is -2.03. The Kier molecular flexibility index (Phi) is 3.28. The molecule has 0 radical (unpaired) electrons. The fraction of sp³-hybridized carbons (Fsp3) is 0.125. The largest absolute Gasteiger partial charge is 0.343 e. The molecule has 3 heteroatoms. The van der Waals surface area contributed by atoms with Crippen molar-refractivity contribution < 1.29 is 0 Å². The van der Waals surface area contributed by atoms with E-state index in [0.29, 0.717) is 6.54 Å². The summed E-state index contributed by atoms with van der Waals surface area (Å²) in [5.41, 5.74) is 9.40. The minimum Gasteiger partial charge on any atom is -0.343 e. The van der Waals surface area contributed by atoms with Crippen LogP contribution < -0.4 is 5.73 Å². The summed E-state index contributed by atoms with van der Waals surface area (Å²) in [4.78, 5) is 0. The molecule has 3 aromatic rings. The molecule has 0 spiro atoms. The van der Waals surface area contributed by atoms with Gasteiger partial charge in [-0.25, -0.2) is 0 Å². The molecule has 19 heavy (non-hydrogen) atoms. The van der Waals surface area contributed by atoms with Crippen LogP contribution in [0.1, 0.15) is 11.1 Å². The van der Waals surface area contributed by atoms with Crippen LogP contribution in [0.4, 0.5) is 0 Å². The predicted molar refractivity (Wildman–Crippen MR) is 80.4 cm³/mol. The molecule has 0 aliphatic rings. The second kappa shape index (κ2) is 5.08. The molecule has 0 aliphatic carbocycles. The van der Waals surface area contributed by atoms with Gasteiger partial charge in [0.2, 0.25) is 0 Å². The van der Waals surface area contributed by atoms with Gasteiger partial charge >= 0.3 is 0 Å². The SMILES string of the molecule is NCc1cccc2ccn(Cc3cccc(Cl)c3)c12. The molecule has 0 saturated carbocycles. The van der Waals surface area contributed by atoms with Crippen molar-refractivity contribution in [3.05, 3.63) is 70.9 Å². The van der Waals surface area contributed by atoms with Gasteiger partial charge in [-0.1, -0.05) is 41.9 Å². The van der Waals surface area contributed by atoms with Crippen LogP contribution in [0.2, 0.25) is 5.02 Å². The number of hydrogen-bond donors (Lipinski definition) is 1. The van der Waals surface area contributed by atoms with E-state index in [1.807, 2.05) is 24.3 Å². The van der Waals surface area contributed by atoms with E-state index in [2.05, 4.69) is 35.0 Å². The minimum absolute atomic E-state index is 0.552. The molecule has 1 aromatic heterocycles. The summed E-state index contributed by atoms with van der Waals surface area (Å²) < 4.78 is 2.23. The minimum atomic E-state index is 0.552. The molecule has 2 nitrogen and oxygen atoms in total. The zero-order chi connectivity index (χ0) is 13.2. The molecule has 2 aromatic carbocycles. The Hall–Kier alpha value is -1.77. The number of rotatable bonds is 3. The Morgan fingerprint density at radius 2 is 1.89 bits per heavy atom. The maximum atomic E-state index is 6.03. The summed E-state index contributed by atoms with van der Waals surface area (Å²) in [6, 6.07) is 16.3. The Morgan fingerprint density at radius 1 is 1.05 bits per heavy atom. The number of para-hydroxylation sites is 1. The first-order valence-corrected chi connectivity index (χ1v) is 6.67. The van der Waals surface area contributed by atoms with Crippen molar-refractivity contribution in [2.75, 3.05) is 0 Å². The fourth-order valence-electron chi connectivity index (χ4n) is 2.47. The number of nitrogens with two attached hydrogens (primary N) is 1. The normalized spacial score (nSPS) is 11.1. The molecule has 0 fully saturated rings. The summed E-state index contributed by atoms with van der Waals surface area (Å²) in [6.07, 6.45) is 2.10. The average Bonchev–Trinajstić information content (AvgIpc) is 2.82. The van der Waals surface area contributed by atoms with Crippen LogP contribution in [0.15, 0.2) is 54.7 Å². The van der Waals surface area contributed by atoms with Crippen molar-refractivity contribution >= 4 is 22.5 Å². The number of nitrogens with zero attached hydrogens (tertiary/aromatic N) is 1. The molecule has 0 bridgehead atoms. The first kappa shape index (κ1) is 12.3. The van der Waals surface area contributed by atoms with Crippen LogP contribution in [0, 0.1) is 0 Å². The lowest BCUT2D eigenvalue weighted by atomic mass is 10.1. The first-order chi connectivity index (χ1) is 9.28. The standard InChI is InChI=1S/C16H15ClN2/c17-15-6-1-3-12(9-15)11-19-8-7-13-4-2-5-14(10-18)16(13)19/h1-9H,10-11,18H2. The van der Waals surface area contributed by atoms with E-state index >= 15 is 0 Å². The van der Waals surface area contributed by atoms with E-state index in [4.69, 9.17) is 17.3 Å². The Balaban J connectivity index is 2.06. The summed E-state index contributed by atoms with van der Waals surface area (Å²) >= 11 is 6.03. The van der Waals surface area contributed by atoms with E-state index in [-0.39, 0.29) is 0 Å². The lowest BCUT2D eigenvalue weighted by Gasteiger charge is -2.09. The van der Waals surface area contributed by atoms with Gasteiger partial charge in [0.1, 0.15) is 0 Å². The maximum absolute atomic E-state index is 6.03. The van der Waals surface area contributed by atoms with Crippen molar-refractivity contribution in [2.24, 2.45) is 5.73 Å². The topological polar surface area (TPSA) is 30.9 Å². The number of hydrogen-bond acceptors (Lipinski definition) is 1. The second-order valence-electron chi connectivity index (χ2n) is 4.63. The zero-order valence-corrected chi connectivity index (χ0v) is 11.3. The number of halogens is 1. The quantitative estimate of drug-likeness (QED) is 0.771. The van der Waals surface area contributed by atoms with E-state index in [0.717, 1.165) is 11.6 Å². The molecule has 3 rings (SSSR count). The highest BCUT2D eigenvalue weighted by Crippen LogP contribution is 2.22. The maximum Gasteiger partial charge on any atom is 0.0528 e. The molecule has 0 aliphatic heterocycles. The van der Waals surface area contributed by atoms with Gasteiger partial charge < -0.3 is 10.3 Å². The Bertz CT molecular complexity index is 716. The molecule has 0 unspecified atom stereocenters. The monoisotopic (exact) mass is 270 g/mol. The lowest BCUT2D eigenvalue weighted by molar-refractivity contribution is 0.830. The molecule has 0 saturated heterocycles. The van der Waals surface area contributed by atoms with Gasteiger partial charge in [0.15, 0.2) is 0 Å². The first-order valence-electron chi connectivity index (χ1n) is 6.29. The van der Waals surface area contributed by atoms with Gasteiger partial charge in [0.25, 0.3) is 0 Å². The molecular weight excluding hydrogens is 256 g/mol. The molecule has 1 heterocycles. The van der Waals surface area contributed by atoms with Gasteiger partial charge in [-0.3, -0.25) is 0 Å². The zero-order valence-electron chi connectivity index (χ0n) is 10.5. The van der Waals surface area contributed by atoms with Crippen LogP contribution in [0.3, 0.4) is 0 Å². The highest BCUT2D eigenvalue weighted by atomic mass is 35.5. The van der Waals surface area contributed by atoms with Gasteiger partial charge in [-0.15, -0.1) is 0 Å². The third kappa shape index (κ3) is 2.37. The Labute approximate surface area is 117 Å². The number of aromatic nitrogens is 1. The van der Waals surface area contributed by atoms with E-state index in [9.17, 15) is 0 Å². The number of fused-ring (bicyclic) bond motifs is 1. The highest BCUT2D eigenvalue weighted by Gasteiger charge is 2.06. The van der Waals surface area contributed by atoms with Gasteiger partial charge in [0.05, 0.1) is 5.52 Å². The third-order valence-electron chi connectivity index (χ3n) is 3.33. The van der Waals surface area contributed by atoms with Crippen molar-refractivity contribution in [1.29, 1.82) is 0 Å². The third-order valence-corrected chi connectivity index (χ3v) is 3.57. The summed E-state index contributed by atoms with van der Waals surface area (Å²) in [5, 5.41) is 2.00. The Morgan fingerprint density at radius 3 is 2.68 bits per heavy atom. The second-order valence-corrected chi connectivity index (χ2v) is 5.07. The number of benzene rings is 2. The molecular formula is C16H15ClN2. The van der Waals surface area contributed by atoms with Crippen LogP contribution in [-0.2, 0) is 13.1 Å². The van der Waals surface area contributed by atoms with Gasteiger partial charge in [-0.05, 0) is 34.7 Å². The van der Waals surface area contributed by atoms with Crippen LogP contribution in [-0.4, -0.2) is 4.57 Å². The fourth-order valence-corrected chi connectivity index (χ4v) is 2.68. The molecule has 96 valence electrons.